The predicted octanol–water partition coefficient (Wildman–Crippen LogP) is 1.48. The van der Waals surface area contributed by atoms with Gasteiger partial charge in [-0.15, -0.1) is 0 Å². The largest absolute Gasteiger partial charge is 0.376 e. The Hall–Kier alpha value is -0.620. The van der Waals surface area contributed by atoms with Crippen LogP contribution in [0.15, 0.2) is 29.2 Å². The maximum atomic E-state index is 12.1. The third kappa shape index (κ3) is 3.96. The summed E-state index contributed by atoms with van der Waals surface area (Å²) in [6, 6.07) is 6.35. The van der Waals surface area contributed by atoms with Crippen LogP contribution in [-0.4, -0.2) is 33.4 Å². The Labute approximate surface area is 107 Å². The van der Waals surface area contributed by atoms with Gasteiger partial charge in [0.05, 0.1) is 21.8 Å². The summed E-state index contributed by atoms with van der Waals surface area (Å²) in [6.45, 7) is 2.39. The highest BCUT2D eigenvalue weighted by Gasteiger charge is 2.22. The van der Waals surface area contributed by atoms with E-state index < -0.39 is 15.9 Å². The Kier molecular flexibility index (Phi) is 5.39. The van der Waals surface area contributed by atoms with Gasteiger partial charge in [0.1, 0.15) is 0 Å². The molecule has 0 radical (unpaired) electrons. The molecule has 0 saturated carbocycles. The van der Waals surface area contributed by atoms with Gasteiger partial charge in [-0.25, -0.2) is 8.42 Å². The van der Waals surface area contributed by atoms with Crippen molar-refractivity contribution in [3.05, 3.63) is 29.3 Å². The van der Waals surface area contributed by atoms with Crippen LogP contribution in [0.3, 0.4) is 0 Å². The van der Waals surface area contributed by atoms with Crippen molar-refractivity contribution < 1.29 is 13.2 Å². The topological polar surface area (TPSA) is 69.4 Å². The molecule has 0 saturated heterocycles. The number of ether oxygens (including phenoxy) is 1. The molecule has 0 fully saturated rings. The van der Waals surface area contributed by atoms with Crippen molar-refractivity contribution in [1.29, 1.82) is 0 Å². The summed E-state index contributed by atoms with van der Waals surface area (Å²) < 4.78 is 29.4. The number of hydrogen-bond donors (Lipinski definition) is 1. The fourth-order valence-electron chi connectivity index (χ4n) is 1.45. The predicted molar refractivity (Wildman–Crippen MR) is 68.0 cm³/mol. The molecule has 1 rings (SSSR count). The van der Waals surface area contributed by atoms with Crippen LogP contribution < -0.4 is 5.73 Å². The van der Waals surface area contributed by atoms with Crippen LogP contribution in [0, 0.1) is 0 Å². The van der Waals surface area contributed by atoms with Gasteiger partial charge < -0.3 is 10.5 Å². The summed E-state index contributed by atoms with van der Waals surface area (Å²) in [5.74, 6) is -0.152. The molecule has 17 heavy (non-hydrogen) atoms. The van der Waals surface area contributed by atoms with E-state index >= 15 is 0 Å². The number of halogens is 1. The number of sulfone groups is 1. The lowest BCUT2D eigenvalue weighted by molar-refractivity contribution is 0.0846. The molecule has 1 aromatic carbocycles. The SMILES string of the molecule is CCOC(CN)CS(=O)(=O)c1ccccc1Cl. The summed E-state index contributed by atoms with van der Waals surface area (Å²) in [5.41, 5.74) is 5.46. The van der Waals surface area contributed by atoms with Crippen LogP contribution in [0.2, 0.25) is 5.02 Å². The fourth-order valence-corrected chi connectivity index (χ4v) is 3.49. The Morgan fingerprint density at radius 2 is 2.06 bits per heavy atom. The lowest BCUT2D eigenvalue weighted by Gasteiger charge is -2.15. The minimum Gasteiger partial charge on any atom is -0.376 e. The van der Waals surface area contributed by atoms with E-state index in [4.69, 9.17) is 22.1 Å². The third-order valence-electron chi connectivity index (χ3n) is 2.24. The number of nitrogens with two attached hydrogens (primary N) is 1. The van der Waals surface area contributed by atoms with E-state index in [1.165, 1.54) is 6.07 Å². The average Bonchev–Trinajstić information content (AvgIpc) is 2.28. The lowest BCUT2D eigenvalue weighted by atomic mass is 10.4. The molecular formula is C11H16ClNO3S. The minimum absolute atomic E-state index is 0.125. The minimum atomic E-state index is -3.46. The highest BCUT2D eigenvalue weighted by molar-refractivity contribution is 7.91. The Balaban J connectivity index is 2.92. The van der Waals surface area contributed by atoms with Crippen LogP contribution in [0.1, 0.15) is 6.92 Å². The van der Waals surface area contributed by atoms with Gasteiger partial charge in [-0.05, 0) is 19.1 Å². The smallest absolute Gasteiger partial charge is 0.182 e. The van der Waals surface area contributed by atoms with Crippen molar-refractivity contribution in [3.63, 3.8) is 0 Å². The second-order valence-corrected chi connectivity index (χ2v) is 5.93. The Bertz CT molecular complexity index is 462. The standard InChI is InChI=1S/C11H16ClNO3S/c1-2-16-9(7-13)8-17(14,15)11-6-4-3-5-10(11)12/h3-6,9H,2,7-8,13H2,1H3. The van der Waals surface area contributed by atoms with Crippen molar-refractivity contribution in [2.75, 3.05) is 18.9 Å². The summed E-state index contributed by atoms with van der Waals surface area (Å²) in [6.07, 6.45) is -0.499. The molecule has 96 valence electrons. The van der Waals surface area contributed by atoms with E-state index in [-0.39, 0.29) is 22.2 Å². The zero-order valence-electron chi connectivity index (χ0n) is 9.60. The molecule has 2 N–H and O–H groups in total. The van der Waals surface area contributed by atoms with Gasteiger partial charge in [-0.1, -0.05) is 23.7 Å². The van der Waals surface area contributed by atoms with Crippen molar-refractivity contribution in [2.24, 2.45) is 5.73 Å². The maximum absolute atomic E-state index is 12.1. The van der Waals surface area contributed by atoms with E-state index in [1.807, 2.05) is 0 Å². The summed E-state index contributed by atoms with van der Waals surface area (Å²) in [4.78, 5) is 0.125. The first-order valence-electron chi connectivity index (χ1n) is 5.30. The molecule has 0 aliphatic heterocycles. The average molecular weight is 278 g/mol. The molecule has 0 aliphatic rings. The molecule has 1 unspecified atom stereocenters. The van der Waals surface area contributed by atoms with Gasteiger partial charge in [0, 0.05) is 13.2 Å². The molecule has 4 nitrogen and oxygen atoms in total. The van der Waals surface area contributed by atoms with E-state index in [0.717, 1.165) is 0 Å². The van der Waals surface area contributed by atoms with Crippen LogP contribution in [0.4, 0.5) is 0 Å². The fraction of sp³-hybridized carbons (Fsp3) is 0.455. The molecule has 6 heteroatoms. The Morgan fingerprint density at radius 3 is 2.59 bits per heavy atom. The first-order chi connectivity index (χ1) is 8.01. The highest BCUT2D eigenvalue weighted by Crippen LogP contribution is 2.22. The van der Waals surface area contributed by atoms with Gasteiger partial charge in [-0.2, -0.15) is 0 Å². The summed E-state index contributed by atoms with van der Waals surface area (Å²) in [7, 11) is -3.46. The molecule has 0 aromatic heterocycles. The molecule has 0 aliphatic carbocycles. The monoisotopic (exact) mass is 277 g/mol. The zero-order valence-corrected chi connectivity index (χ0v) is 11.2. The lowest BCUT2D eigenvalue weighted by Crippen LogP contribution is -2.31. The van der Waals surface area contributed by atoms with Crippen LogP contribution in [-0.2, 0) is 14.6 Å². The normalized spacial score (nSPS) is 13.6. The Morgan fingerprint density at radius 1 is 1.41 bits per heavy atom. The number of hydrogen-bond acceptors (Lipinski definition) is 4. The van der Waals surface area contributed by atoms with Gasteiger partial charge in [0.25, 0.3) is 0 Å². The zero-order chi connectivity index (χ0) is 12.9. The summed E-state index contributed by atoms with van der Waals surface area (Å²) in [5, 5.41) is 0.222. The maximum Gasteiger partial charge on any atom is 0.182 e. The van der Waals surface area contributed by atoms with E-state index in [0.29, 0.717) is 6.61 Å². The van der Waals surface area contributed by atoms with Crippen molar-refractivity contribution in [2.45, 2.75) is 17.9 Å². The molecule has 0 heterocycles. The number of benzene rings is 1. The molecule has 0 bridgehead atoms. The first-order valence-corrected chi connectivity index (χ1v) is 7.33. The quantitative estimate of drug-likeness (QED) is 0.855. The summed E-state index contributed by atoms with van der Waals surface area (Å²) >= 11 is 5.86. The number of rotatable bonds is 6. The van der Waals surface area contributed by atoms with Crippen LogP contribution in [0.5, 0.6) is 0 Å². The van der Waals surface area contributed by atoms with Crippen LogP contribution >= 0.6 is 11.6 Å². The second kappa shape index (κ2) is 6.35. The molecule has 0 spiro atoms. The van der Waals surface area contributed by atoms with Crippen LogP contribution in [0.25, 0.3) is 0 Å². The molecule has 1 atom stereocenters. The molecule has 0 amide bonds. The van der Waals surface area contributed by atoms with Crippen molar-refractivity contribution in [3.8, 4) is 0 Å². The van der Waals surface area contributed by atoms with Crippen molar-refractivity contribution in [1.82, 2.24) is 0 Å². The van der Waals surface area contributed by atoms with Gasteiger partial charge in [-0.3, -0.25) is 0 Å². The van der Waals surface area contributed by atoms with E-state index in [9.17, 15) is 8.42 Å². The van der Waals surface area contributed by atoms with Gasteiger partial charge >= 0.3 is 0 Å². The van der Waals surface area contributed by atoms with E-state index in [2.05, 4.69) is 0 Å². The third-order valence-corrected chi connectivity index (χ3v) is 4.52. The van der Waals surface area contributed by atoms with E-state index in [1.54, 1.807) is 25.1 Å². The van der Waals surface area contributed by atoms with Gasteiger partial charge in [0.2, 0.25) is 0 Å². The first kappa shape index (κ1) is 14.4. The second-order valence-electron chi connectivity index (χ2n) is 3.52. The highest BCUT2D eigenvalue weighted by atomic mass is 35.5. The molecular weight excluding hydrogens is 262 g/mol. The van der Waals surface area contributed by atoms with Crippen molar-refractivity contribution >= 4 is 21.4 Å². The van der Waals surface area contributed by atoms with Gasteiger partial charge in [0.15, 0.2) is 9.84 Å². The molecule has 1 aromatic rings.